The molecule has 0 bridgehead atoms. The van der Waals surface area contributed by atoms with E-state index in [2.05, 4.69) is 22.3 Å². The molecule has 0 aromatic heterocycles. The average molecular weight is 351 g/mol. The zero-order valence-electron chi connectivity index (χ0n) is 15.8. The number of rotatable bonds is 9. The maximum Gasteiger partial charge on any atom is 0.209 e. The van der Waals surface area contributed by atoms with Crippen molar-refractivity contribution >= 4 is 17.8 Å². The standard InChI is InChI=1S/C16H26N4O.C3H8O/c1-2-13(19-16-6-4-3-5-15(16)17)7-9-18-14-8-10-20(11-14)12-21;1-3-4-2/h3-6,12-14,18-19H,2,7-11,17H2,1H3;3H2,1-2H3. The second kappa shape index (κ2) is 12.6. The van der Waals surface area contributed by atoms with Gasteiger partial charge < -0.3 is 26.0 Å². The average Bonchev–Trinajstić information content (AvgIpc) is 3.10. The normalized spacial score (nSPS) is 17.6. The number of nitrogens with two attached hydrogens (primary N) is 1. The molecule has 1 amide bonds. The predicted octanol–water partition coefficient (Wildman–Crippen LogP) is 2.32. The molecule has 2 unspecified atom stereocenters. The number of carbonyl (C=O) groups is 1. The van der Waals surface area contributed by atoms with Crippen molar-refractivity contribution in [2.45, 2.75) is 45.2 Å². The summed E-state index contributed by atoms with van der Waals surface area (Å²) in [6.07, 6.45) is 4.09. The van der Waals surface area contributed by atoms with Gasteiger partial charge in [0.2, 0.25) is 6.41 Å². The van der Waals surface area contributed by atoms with Crippen molar-refractivity contribution in [3.63, 3.8) is 0 Å². The molecule has 0 radical (unpaired) electrons. The molecule has 1 fully saturated rings. The monoisotopic (exact) mass is 350 g/mol. The number of ether oxygens (including phenoxy) is 1. The number of benzene rings is 1. The highest BCUT2D eigenvalue weighted by Crippen LogP contribution is 2.19. The first-order valence-electron chi connectivity index (χ1n) is 9.17. The van der Waals surface area contributed by atoms with Gasteiger partial charge in [-0.15, -0.1) is 0 Å². The molecule has 0 saturated carbocycles. The third-order valence-electron chi connectivity index (χ3n) is 4.40. The fraction of sp³-hybridized carbons (Fsp3) is 0.632. The summed E-state index contributed by atoms with van der Waals surface area (Å²) in [5.41, 5.74) is 7.77. The molecular formula is C19H34N4O2. The molecule has 1 aliphatic heterocycles. The zero-order chi connectivity index (χ0) is 18.5. The molecule has 1 saturated heterocycles. The van der Waals surface area contributed by atoms with Gasteiger partial charge in [-0.2, -0.15) is 0 Å². The number of amides is 1. The molecule has 1 heterocycles. The second-order valence-electron chi connectivity index (χ2n) is 6.24. The van der Waals surface area contributed by atoms with Crippen LogP contribution in [0.15, 0.2) is 24.3 Å². The SMILES string of the molecule is CCC(CCNC1CCN(C=O)C1)Nc1ccccc1N.CCOC. The Balaban J connectivity index is 0.000000705. The summed E-state index contributed by atoms with van der Waals surface area (Å²) in [5, 5.41) is 7.05. The van der Waals surface area contributed by atoms with Crippen molar-refractivity contribution in [2.75, 3.05) is 44.4 Å². The Kier molecular flexibility index (Phi) is 10.7. The first-order chi connectivity index (χ1) is 12.1. The van der Waals surface area contributed by atoms with Crippen LogP contribution in [0.25, 0.3) is 0 Å². The van der Waals surface area contributed by atoms with Crippen LogP contribution in [0.1, 0.15) is 33.1 Å². The van der Waals surface area contributed by atoms with Crippen LogP contribution in [0.2, 0.25) is 0 Å². The Morgan fingerprint density at radius 1 is 1.40 bits per heavy atom. The van der Waals surface area contributed by atoms with Crippen LogP contribution < -0.4 is 16.4 Å². The summed E-state index contributed by atoms with van der Waals surface area (Å²) in [6.45, 7) is 7.62. The molecule has 25 heavy (non-hydrogen) atoms. The highest BCUT2D eigenvalue weighted by Gasteiger charge is 2.20. The Morgan fingerprint density at radius 3 is 2.68 bits per heavy atom. The summed E-state index contributed by atoms with van der Waals surface area (Å²) in [5.74, 6) is 0. The quantitative estimate of drug-likeness (QED) is 0.470. The van der Waals surface area contributed by atoms with E-state index in [1.165, 1.54) is 0 Å². The highest BCUT2D eigenvalue weighted by atomic mass is 16.5. The maximum absolute atomic E-state index is 10.7. The van der Waals surface area contributed by atoms with E-state index in [0.717, 1.165) is 63.3 Å². The number of likely N-dealkylation sites (tertiary alicyclic amines) is 1. The number of hydrogen-bond donors (Lipinski definition) is 3. The Morgan fingerprint density at radius 2 is 2.12 bits per heavy atom. The van der Waals surface area contributed by atoms with Gasteiger partial charge in [0.1, 0.15) is 0 Å². The molecule has 6 heteroatoms. The minimum atomic E-state index is 0.408. The molecule has 6 nitrogen and oxygen atoms in total. The van der Waals surface area contributed by atoms with E-state index in [0.29, 0.717) is 12.1 Å². The molecule has 1 aliphatic rings. The van der Waals surface area contributed by atoms with Gasteiger partial charge in [-0.25, -0.2) is 0 Å². The molecule has 2 atom stereocenters. The van der Waals surface area contributed by atoms with Gasteiger partial charge in [-0.1, -0.05) is 19.1 Å². The minimum Gasteiger partial charge on any atom is -0.397 e. The van der Waals surface area contributed by atoms with E-state index in [1.54, 1.807) is 7.11 Å². The molecule has 142 valence electrons. The van der Waals surface area contributed by atoms with Gasteiger partial charge in [-0.05, 0) is 44.9 Å². The molecule has 0 spiro atoms. The second-order valence-corrected chi connectivity index (χ2v) is 6.24. The van der Waals surface area contributed by atoms with E-state index in [4.69, 9.17) is 5.73 Å². The third-order valence-corrected chi connectivity index (χ3v) is 4.40. The maximum atomic E-state index is 10.7. The number of nitrogens with one attached hydrogen (secondary N) is 2. The van der Waals surface area contributed by atoms with Crippen LogP contribution >= 0.6 is 0 Å². The topological polar surface area (TPSA) is 79.6 Å². The van der Waals surface area contributed by atoms with Crippen molar-refractivity contribution in [1.29, 1.82) is 0 Å². The first-order valence-corrected chi connectivity index (χ1v) is 9.17. The number of para-hydroxylation sites is 2. The van der Waals surface area contributed by atoms with E-state index < -0.39 is 0 Å². The summed E-state index contributed by atoms with van der Waals surface area (Å²) >= 11 is 0. The minimum absolute atomic E-state index is 0.408. The van der Waals surface area contributed by atoms with Gasteiger partial charge in [0, 0.05) is 38.9 Å². The number of carbonyl (C=O) groups excluding carboxylic acids is 1. The molecule has 4 N–H and O–H groups in total. The van der Waals surface area contributed by atoms with Crippen molar-refractivity contribution in [3.8, 4) is 0 Å². The van der Waals surface area contributed by atoms with E-state index in [9.17, 15) is 4.79 Å². The van der Waals surface area contributed by atoms with Gasteiger partial charge >= 0.3 is 0 Å². The Bertz CT molecular complexity index is 482. The van der Waals surface area contributed by atoms with Gasteiger partial charge in [-0.3, -0.25) is 4.79 Å². The predicted molar refractivity (Wildman–Crippen MR) is 105 cm³/mol. The van der Waals surface area contributed by atoms with Crippen molar-refractivity contribution in [3.05, 3.63) is 24.3 Å². The summed E-state index contributed by atoms with van der Waals surface area (Å²) in [6, 6.07) is 8.72. The number of nitrogens with zero attached hydrogens (tertiary/aromatic N) is 1. The van der Waals surface area contributed by atoms with Crippen LogP contribution in [-0.4, -0.2) is 56.7 Å². The fourth-order valence-corrected chi connectivity index (χ4v) is 2.74. The number of hydrogen-bond acceptors (Lipinski definition) is 5. The number of methoxy groups -OCH3 is 1. The fourth-order valence-electron chi connectivity index (χ4n) is 2.74. The van der Waals surface area contributed by atoms with Gasteiger partial charge in [0.15, 0.2) is 0 Å². The Labute approximate surface area is 152 Å². The smallest absolute Gasteiger partial charge is 0.209 e. The van der Waals surface area contributed by atoms with Crippen LogP contribution in [-0.2, 0) is 9.53 Å². The van der Waals surface area contributed by atoms with Crippen LogP contribution in [0.3, 0.4) is 0 Å². The van der Waals surface area contributed by atoms with Crippen LogP contribution in [0.5, 0.6) is 0 Å². The lowest BCUT2D eigenvalue weighted by Gasteiger charge is -2.21. The largest absolute Gasteiger partial charge is 0.397 e. The van der Waals surface area contributed by atoms with Crippen LogP contribution in [0, 0.1) is 0 Å². The van der Waals surface area contributed by atoms with Gasteiger partial charge in [0.25, 0.3) is 0 Å². The Hall–Kier alpha value is -1.79. The lowest BCUT2D eigenvalue weighted by molar-refractivity contribution is -0.117. The molecule has 1 aromatic rings. The van der Waals surface area contributed by atoms with E-state index in [-0.39, 0.29) is 0 Å². The zero-order valence-corrected chi connectivity index (χ0v) is 15.8. The summed E-state index contributed by atoms with van der Waals surface area (Å²) < 4.78 is 4.54. The van der Waals surface area contributed by atoms with Crippen molar-refractivity contribution in [2.24, 2.45) is 0 Å². The van der Waals surface area contributed by atoms with Gasteiger partial charge in [0.05, 0.1) is 11.4 Å². The van der Waals surface area contributed by atoms with Crippen molar-refractivity contribution < 1.29 is 9.53 Å². The molecule has 0 aliphatic carbocycles. The summed E-state index contributed by atoms with van der Waals surface area (Å²) in [4.78, 5) is 12.5. The van der Waals surface area contributed by atoms with E-state index >= 15 is 0 Å². The number of anilines is 2. The molecule has 1 aromatic carbocycles. The lowest BCUT2D eigenvalue weighted by Crippen LogP contribution is -2.35. The van der Waals surface area contributed by atoms with Crippen LogP contribution in [0.4, 0.5) is 11.4 Å². The van der Waals surface area contributed by atoms with Crippen molar-refractivity contribution in [1.82, 2.24) is 10.2 Å². The highest BCUT2D eigenvalue weighted by molar-refractivity contribution is 5.65. The molecule has 2 rings (SSSR count). The number of nitrogen functional groups attached to an aromatic ring is 1. The third kappa shape index (κ3) is 8.23. The molecular weight excluding hydrogens is 316 g/mol. The van der Waals surface area contributed by atoms with E-state index in [1.807, 2.05) is 36.1 Å². The lowest BCUT2D eigenvalue weighted by atomic mass is 10.1. The summed E-state index contributed by atoms with van der Waals surface area (Å²) in [7, 11) is 1.68. The first kappa shape index (κ1) is 21.3.